The number of piperidine rings is 1. The summed E-state index contributed by atoms with van der Waals surface area (Å²) in [5.41, 5.74) is -0.204. The van der Waals surface area contributed by atoms with E-state index in [0.29, 0.717) is 19.1 Å². The Hall–Kier alpha value is -1.10. The lowest BCUT2D eigenvalue weighted by atomic mass is 10.0. The summed E-state index contributed by atoms with van der Waals surface area (Å²) in [7, 11) is 0. The maximum Gasteiger partial charge on any atom is 0.304 e. The first-order valence-electron chi connectivity index (χ1n) is 7.48. The highest BCUT2D eigenvalue weighted by Crippen LogP contribution is 2.19. The molecule has 20 heavy (non-hydrogen) atoms. The predicted octanol–water partition coefficient (Wildman–Crippen LogP) is 1.96. The van der Waals surface area contributed by atoms with Gasteiger partial charge in [-0.1, -0.05) is 0 Å². The molecule has 0 spiro atoms. The molecule has 1 aliphatic heterocycles. The number of carbonyl (C=O) groups excluding carboxylic acids is 1. The van der Waals surface area contributed by atoms with Crippen molar-refractivity contribution in [2.24, 2.45) is 0 Å². The summed E-state index contributed by atoms with van der Waals surface area (Å²) in [5, 5.41) is 8.83. The van der Waals surface area contributed by atoms with Gasteiger partial charge in [-0.15, -0.1) is 0 Å². The molecule has 1 amide bonds. The van der Waals surface area contributed by atoms with E-state index in [9.17, 15) is 9.59 Å². The van der Waals surface area contributed by atoms with E-state index in [1.807, 2.05) is 30.6 Å². The van der Waals surface area contributed by atoms with Crippen molar-refractivity contribution in [3.8, 4) is 0 Å². The minimum absolute atomic E-state index is 0.0695. The van der Waals surface area contributed by atoms with Crippen LogP contribution in [0.1, 0.15) is 53.4 Å². The summed E-state index contributed by atoms with van der Waals surface area (Å²) in [4.78, 5) is 27.1. The van der Waals surface area contributed by atoms with Crippen LogP contribution in [-0.4, -0.2) is 58.0 Å². The fourth-order valence-electron chi connectivity index (χ4n) is 2.60. The van der Waals surface area contributed by atoms with Gasteiger partial charge in [0.2, 0.25) is 5.91 Å². The van der Waals surface area contributed by atoms with Gasteiger partial charge in [-0.3, -0.25) is 14.5 Å². The molecule has 1 fully saturated rings. The average molecular weight is 284 g/mol. The fraction of sp³-hybridized carbons (Fsp3) is 0.867. The third-order valence-corrected chi connectivity index (χ3v) is 3.99. The molecule has 1 aliphatic rings. The Morgan fingerprint density at radius 1 is 1.30 bits per heavy atom. The zero-order valence-corrected chi connectivity index (χ0v) is 13.2. The van der Waals surface area contributed by atoms with Crippen LogP contribution >= 0.6 is 0 Å². The first-order valence-corrected chi connectivity index (χ1v) is 7.48. The standard InChI is InChI=1S/C15H28N2O3/c1-12-7-5-6-9-17(12)13(18)11-16(15(2,3)4)10-8-14(19)20/h12H,5-11H2,1-4H3,(H,19,20). The van der Waals surface area contributed by atoms with Crippen molar-refractivity contribution >= 4 is 11.9 Å². The van der Waals surface area contributed by atoms with Crippen molar-refractivity contribution in [3.63, 3.8) is 0 Å². The molecule has 1 N–H and O–H groups in total. The average Bonchev–Trinajstić information content (AvgIpc) is 2.33. The Bertz CT molecular complexity index is 350. The molecule has 0 aromatic heterocycles. The molecule has 0 saturated carbocycles. The molecule has 0 radical (unpaired) electrons. The Labute approximate surface area is 121 Å². The van der Waals surface area contributed by atoms with Crippen LogP contribution in [0.5, 0.6) is 0 Å². The van der Waals surface area contributed by atoms with Crippen LogP contribution in [0.2, 0.25) is 0 Å². The Kier molecular flexibility index (Phi) is 5.99. The molecule has 0 bridgehead atoms. The molecule has 0 aromatic carbocycles. The van der Waals surface area contributed by atoms with Gasteiger partial charge in [0.15, 0.2) is 0 Å². The van der Waals surface area contributed by atoms with Crippen molar-refractivity contribution in [3.05, 3.63) is 0 Å². The van der Waals surface area contributed by atoms with Crippen molar-refractivity contribution in [1.82, 2.24) is 9.80 Å². The highest BCUT2D eigenvalue weighted by atomic mass is 16.4. The maximum atomic E-state index is 12.4. The highest BCUT2D eigenvalue weighted by molar-refractivity contribution is 5.79. The molecule has 116 valence electrons. The first-order chi connectivity index (χ1) is 9.21. The third-order valence-electron chi connectivity index (χ3n) is 3.99. The van der Waals surface area contributed by atoms with Gasteiger partial charge < -0.3 is 10.0 Å². The summed E-state index contributed by atoms with van der Waals surface area (Å²) in [6.45, 7) is 9.69. The summed E-state index contributed by atoms with van der Waals surface area (Å²) < 4.78 is 0. The van der Waals surface area contributed by atoms with E-state index in [0.717, 1.165) is 19.4 Å². The lowest BCUT2D eigenvalue weighted by Crippen LogP contribution is -2.51. The minimum atomic E-state index is -0.821. The second kappa shape index (κ2) is 7.07. The smallest absolute Gasteiger partial charge is 0.304 e. The number of carboxylic acid groups (broad SMARTS) is 1. The summed E-state index contributed by atoms with van der Waals surface area (Å²) in [5.74, 6) is -0.699. The molecular formula is C15H28N2O3. The first kappa shape index (κ1) is 17.0. The molecular weight excluding hydrogens is 256 g/mol. The molecule has 5 nitrogen and oxygen atoms in total. The van der Waals surface area contributed by atoms with Crippen LogP contribution in [0.15, 0.2) is 0 Å². The van der Waals surface area contributed by atoms with Crippen LogP contribution in [-0.2, 0) is 9.59 Å². The predicted molar refractivity (Wildman–Crippen MR) is 78.6 cm³/mol. The molecule has 1 rings (SSSR count). The van der Waals surface area contributed by atoms with Gasteiger partial charge in [0.1, 0.15) is 0 Å². The van der Waals surface area contributed by atoms with Crippen molar-refractivity contribution < 1.29 is 14.7 Å². The Morgan fingerprint density at radius 2 is 1.95 bits per heavy atom. The van der Waals surface area contributed by atoms with Gasteiger partial charge in [0.25, 0.3) is 0 Å². The van der Waals surface area contributed by atoms with Crippen LogP contribution in [0.25, 0.3) is 0 Å². The molecule has 1 unspecified atom stereocenters. The van der Waals surface area contributed by atoms with E-state index >= 15 is 0 Å². The molecule has 1 atom stereocenters. The maximum absolute atomic E-state index is 12.4. The second-order valence-corrected chi connectivity index (χ2v) is 6.67. The summed E-state index contributed by atoms with van der Waals surface area (Å²) in [6, 6.07) is 0.303. The zero-order chi connectivity index (χ0) is 15.3. The SMILES string of the molecule is CC1CCCCN1C(=O)CN(CCC(=O)O)C(C)(C)C. The summed E-state index contributed by atoms with van der Waals surface area (Å²) in [6.07, 6.45) is 3.39. The second-order valence-electron chi connectivity index (χ2n) is 6.67. The van der Waals surface area contributed by atoms with Crippen LogP contribution in [0, 0.1) is 0 Å². The number of aliphatic carboxylic acids is 1. The van der Waals surface area contributed by atoms with Crippen LogP contribution < -0.4 is 0 Å². The third kappa shape index (κ3) is 5.12. The highest BCUT2D eigenvalue weighted by Gasteiger charge is 2.29. The lowest BCUT2D eigenvalue weighted by Gasteiger charge is -2.39. The van der Waals surface area contributed by atoms with E-state index in [-0.39, 0.29) is 17.9 Å². The Morgan fingerprint density at radius 3 is 2.45 bits per heavy atom. The van der Waals surface area contributed by atoms with Crippen molar-refractivity contribution in [2.45, 2.75) is 65.0 Å². The van der Waals surface area contributed by atoms with Gasteiger partial charge in [-0.2, -0.15) is 0 Å². The van der Waals surface area contributed by atoms with Crippen molar-refractivity contribution in [2.75, 3.05) is 19.6 Å². The van der Waals surface area contributed by atoms with E-state index in [2.05, 4.69) is 6.92 Å². The minimum Gasteiger partial charge on any atom is -0.481 e. The van der Waals surface area contributed by atoms with Gasteiger partial charge in [-0.05, 0) is 47.0 Å². The quantitative estimate of drug-likeness (QED) is 0.838. The normalized spacial score (nSPS) is 20.2. The number of carbonyl (C=O) groups is 2. The number of carboxylic acids is 1. The lowest BCUT2D eigenvalue weighted by molar-refractivity contribution is -0.140. The van der Waals surface area contributed by atoms with Gasteiger partial charge in [0.05, 0.1) is 13.0 Å². The molecule has 0 aliphatic carbocycles. The van der Waals surface area contributed by atoms with Crippen molar-refractivity contribution in [1.29, 1.82) is 0 Å². The number of hydrogen-bond acceptors (Lipinski definition) is 3. The topological polar surface area (TPSA) is 60.9 Å². The number of amides is 1. The fourth-order valence-corrected chi connectivity index (χ4v) is 2.60. The number of rotatable bonds is 5. The molecule has 5 heteroatoms. The summed E-state index contributed by atoms with van der Waals surface area (Å²) >= 11 is 0. The van der Waals surface area contributed by atoms with Crippen LogP contribution in [0.3, 0.4) is 0 Å². The molecule has 0 aromatic rings. The van der Waals surface area contributed by atoms with Gasteiger partial charge >= 0.3 is 5.97 Å². The van der Waals surface area contributed by atoms with E-state index in [4.69, 9.17) is 5.11 Å². The van der Waals surface area contributed by atoms with Gasteiger partial charge in [-0.25, -0.2) is 0 Å². The number of hydrogen-bond donors (Lipinski definition) is 1. The van der Waals surface area contributed by atoms with E-state index in [1.54, 1.807) is 0 Å². The monoisotopic (exact) mass is 284 g/mol. The molecule has 1 heterocycles. The van der Waals surface area contributed by atoms with Crippen LogP contribution in [0.4, 0.5) is 0 Å². The number of nitrogens with zero attached hydrogens (tertiary/aromatic N) is 2. The van der Waals surface area contributed by atoms with Gasteiger partial charge in [0, 0.05) is 24.7 Å². The molecule has 1 saturated heterocycles. The van der Waals surface area contributed by atoms with E-state index in [1.165, 1.54) is 6.42 Å². The Balaban J connectivity index is 2.63. The van der Waals surface area contributed by atoms with E-state index < -0.39 is 5.97 Å². The number of likely N-dealkylation sites (tertiary alicyclic amines) is 1. The largest absolute Gasteiger partial charge is 0.481 e. The zero-order valence-electron chi connectivity index (χ0n) is 13.2.